The number of hydroxylamine groups is 1. The first-order valence-electron chi connectivity index (χ1n) is 4.57. The minimum atomic E-state index is -1.09. The zero-order valence-corrected chi connectivity index (χ0v) is 8.42. The van der Waals surface area contributed by atoms with Gasteiger partial charge in [0.05, 0.1) is 5.56 Å². The Hall–Kier alpha value is -1.92. The maximum atomic E-state index is 11.4. The Labute approximate surface area is 92.0 Å². The molecule has 86 valence electrons. The molecule has 6 nitrogen and oxygen atoms in total. The van der Waals surface area contributed by atoms with E-state index in [0.29, 0.717) is 5.56 Å². The van der Waals surface area contributed by atoms with Gasteiger partial charge < -0.3 is 10.5 Å². The summed E-state index contributed by atoms with van der Waals surface area (Å²) < 4.78 is 4.78. The number of ether oxygens (including phenoxy) is 1. The van der Waals surface area contributed by atoms with Gasteiger partial charge in [0, 0.05) is 0 Å². The zero-order valence-electron chi connectivity index (χ0n) is 8.42. The predicted octanol–water partition coefficient (Wildman–Crippen LogP) is -0.324. The SMILES string of the molecule is N[C@@H](COC(=O)c1ccccc1)C(=O)NO. The predicted molar refractivity (Wildman–Crippen MR) is 54.6 cm³/mol. The molecule has 1 aromatic rings. The first-order valence-corrected chi connectivity index (χ1v) is 4.57. The molecule has 1 atom stereocenters. The first-order chi connectivity index (χ1) is 7.65. The quantitative estimate of drug-likeness (QED) is 0.369. The fraction of sp³-hybridized carbons (Fsp3) is 0.200. The van der Waals surface area contributed by atoms with Crippen LogP contribution >= 0.6 is 0 Å². The van der Waals surface area contributed by atoms with Crippen molar-refractivity contribution in [1.29, 1.82) is 0 Å². The third kappa shape index (κ3) is 3.34. The number of rotatable bonds is 4. The number of hydrogen-bond acceptors (Lipinski definition) is 5. The lowest BCUT2D eigenvalue weighted by atomic mass is 10.2. The lowest BCUT2D eigenvalue weighted by Gasteiger charge is -2.09. The van der Waals surface area contributed by atoms with Crippen molar-refractivity contribution in [2.45, 2.75) is 6.04 Å². The second-order valence-corrected chi connectivity index (χ2v) is 3.05. The van der Waals surface area contributed by atoms with E-state index < -0.39 is 17.9 Å². The molecular weight excluding hydrogens is 212 g/mol. The van der Waals surface area contributed by atoms with E-state index in [1.807, 2.05) is 0 Å². The number of nitrogens with one attached hydrogen (secondary N) is 1. The molecule has 0 aliphatic heterocycles. The van der Waals surface area contributed by atoms with Crippen LogP contribution in [0.5, 0.6) is 0 Å². The van der Waals surface area contributed by atoms with Crippen molar-refractivity contribution in [3.8, 4) is 0 Å². The lowest BCUT2D eigenvalue weighted by Crippen LogP contribution is -2.42. The topological polar surface area (TPSA) is 102 Å². The highest BCUT2D eigenvalue weighted by Crippen LogP contribution is 2.01. The van der Waals surface area contributed by atoms with E-state index in [0.717, 1.165) is 0 Å². The summed E-state index contributed by atoms with van der Waals surface area (Å²) in [6.07, 6.45) is 0. The van der Waals surface area contributed by atoms with Gasteiger partial charge in [0.1, 0.15) is 12.6 Å². The molecule has 6 heteroatoms. The van der Waals surface area contributed by atoms with Crippen molar-refractivity contribution >= 4 is 11.9 Å². The molecule has 0 aliphatic rings. The fourth-order valence-electron chi connectivity index (χ4n) is 0.982. The molecule has 0 spiro atoms. The number of hydrogen-bond donors (Lipinski definition) is 3. The van der Waals surface area contributed by atoms with E-state index in [1.54, 1.807) is 30.3 Å². The lowest BCUT2D eigenvalue weighted by molar-refractivity contribution is -0.131. The third-order valence-corrected chi connectivity index (χ3v) is 1.85. The molecule has 0 radical (unpaired) electrons. The molecule has 0 aliphatic carbocycles. The maximum absolute atomic E-state index is 11.4. The summed E-state index contributed by atoms with van der Waals surface area (Å²) in [7, 11) is 0. The van der Waals surface area contributed by atoms with E-state index in [-0.39, 0.29) is 6.61 Å². The van der Waals surface area contributed by atoms with Crippen LogP contribution in [-0.4, -0.2) is 29.7 Å². The molecule has 0 bridgehead atoms. The maximum Gasteiger partial charge on any atom is 0.338 e. The normalized spacial score (nSPS) is 11.6. The first kappa shape index (κ1) is 12.2. The number of carbonyl (C=O) groups is 2. The molecule has 0 fully saturated rings. The largest absolute Gasteiger partial charge is 0.460 e. The molecule has 0 unspecified atom stereocenters. The van der Waals surface area contributed by atoms with E-state index in [4.69, 9.17) is 15.7 Å². The number of amides is 1. The van der Waals surface area contributed by atoms with Gasteiger partial charge in [-0.3, -0.25) is 10.0 Å². The van der Waals surface area contributed by atoms with Crippen LogP contribution in [-0.2, 0) is 9.53 Å². The third-order valence-electron chi connectivity index (χ3n) is 1.85. The molecule has 1 rings (SSSR count). The average Bonchev–Trinajstić information content (AvgIpc) is 2.35. The average molecular weight is 224 g/mol. The molecule has 0 saturated carbocycles. The molecule has 0 saturated heterocycles. The van der Waals surface area contributed by atoms with Gasteiger partial charge >= 0.3 is 5.97 Å². The fourth-order valence-corrected chi connectivity index (χ4v) is 0.982. The summed E-state index contributed by atoms with van der Waals surface area (Å²) in [6, 6.07) is 7.23. The van der Waals surface area contributed by atoms with Crippen LogP contribution < -0.4 is 11.2 Å². The second-order valence-electron chi connectivity index (χ2n) is 3.05. The van der Waals surface area contributed by atoms with Crippen molar-refractivity contribution < 1.29 is 19.5 Å². The van der Waals surface area contributed by atoms with Crippen LogP contribution in [0.1, 0.15) is 10.4 Å². The zero-order chi connectivity index (χ0) is 12.0. The summed E-state index contributed by atoms with van der Waals surface area (Å²) in [5, 5.41) is 8.27. The van der Waals surface area contributed by atoms with Crippen LogP contribution in [0.2, 0.25) is 0 Å². The Morgan fingerprint density at radius 2 is 2.00 bits per heavy atom. The van der Waals surface area contributed by atoms with Crippen LogP contribution in [0, 0.1) is 0 Å². The number of carbonyl (C=O) groups excluding carboxylic acids is 2. The van der Waals surface area contributed by atoms with Gasteiger partial charge in [0.25, 0.3) is 5.91 Å². The summed E-state index contributed by atoms with van der Waals surface area (Å²) >= 11 is 0. The van der Waals surface area contributed by atoms with Crippen molar-refractivity contribution in [2.75, 3.05) is 6.61 Å². The Morgan fingerprint density at radius 3 is 2.56 bits per heavy atom. The number of esters is 1. The Balaban J connectivity index is 2.45. The molecule has 0 heterocycles. The van der Waals surface area contributed by atoms with Gasteiger partial charge in [-0.1, -0.05) is 18.2 Å². The Kier molecular flexibility index (Phi) is 4.43. The van der Waals surface area contributed by atoms with Crippen molar-refractivity contribution in [1.82, 2.24) is 5.48 Å². The second kappa shape index (κ2) is 5.84. The van der Waals surface area contributed by atoms with Crippen molar-refractivity contribution in [3.63, 3.8) is 0 Å². The van der Waals surface area contributed by atoms with Gasteiger partial charge in [-0.15, -0.1) is 0 Å². The Morgan fingerprint density at radius 1 is 1.38 bits per heavy atom. The summed E-state index contributed by atoms with van der Waals surface area (Å²) in [5.74, 6) is -1.37. The summed E-state index contributed by atoms with van der Waals surface area (Å²) in [5.41, 5.74) is 7.05. The molecule has 16 heavy (non-hydrogen) atoms. The van der Waals surface area contributed by atoms with Crippen LogP contribution in [0.3, 0.4) is 0 Å². The highest BCUT2D eigenvalue weighted by atomic mass is 16.5. The standard InChI is InChI=1S/C10H12N2O4/c11-8(9(13)12-15)6-16-10(14)7-4-2-1-3-5-7/h1-5,8,15H,6,11H2,(H,12,13)/t8-/m0/s1. The summed E-state index contributed by atoms with van der Waals surface area (Å²) in [6.45, 7) is -0.292. The van der Waals surface area contributed by atoms with Crippen LogP contribution in [0.25, 0.3) is 0 Å². The van der Waals surface area contributed by atoms with E-state index in [9.17, 15) is 9.59 Å². The van der Waals surface area contributed by atoms with Crippen LogP contribution in [0.4, 0.5) is 0 Å². The van der Waals surface area contributed by atoms with Gasteiger partial charge in [-0.05, 0) is 12.1 Å². The molecule has 0 aromatic heterocycles. The monoisotopic (exact) mass is 224 g/mol. The van der Waals surface area contributed by atoms with Gasteiger partial charge in [-0.25, -0.2) is 10.3 Å². The minimum Gasteiger partial charge on any atom is -0.460 e. The molecular formula is C10H12N2O4. The van der Waals surface area contributed by atoms with Gasteiger partial charge in [0.15, 0.2) is 0 Å². The molecule has 1 aromatic carbocycles. The number of nitrogens with two attached hydrogens (primary N) is 1. The van der Waals surface area contributed by atoms with Crippen LogP contribution in [0.15, 0.2) is 30.3 Å². The minimum absolute atomic E-state index is 0.292. The van der Waals surface area contributed by atoms with Gasteiger partial charge in [0.2, 0.25) is 0 Å². The molecule has 1 amide bonds. The van der Waals surface area contributed by atoms with Crippen molar-refractivity contribution in [2.24, 2.45) is 5.73 Å². The van der Waals surface area contributed by atoms with E-state index in [2.05, 4.69) is 0 Å². The Bertz CT molecular complexity index is 366. The highest BCUT2D eigenvalue weighted by molar-refractivity contribution is 5.89. The smallest absolute Gasteiger partial charge is 0.338 e. The van der Waals surface area contributed by atoms with E-state index >= 15 is 0 Å². The number of benzene rings is 1. The van der Waals surface area contributed by atoms with Gasteiger partial charge in [-0.2, -0.15) is 0 Å². The highest BCUT2D eigenvalue weighted by Gasteiger charge is 2.15. The summed E-state index contributed by atoms with van der Waals surface area (Å²) in [4.78, 5) is 22.2. The van der Waals surface area contributed by atoms with E-state index in [1.165, 1.54) is 5.48 Å². The molecule has 4 N–H and O–H groups in total. The van der Waals surface area contributed by atoms with Crippen molar-refractivity contribution in [3.05, 3.63) is 35.9 Å².